The van der Waals surface area contributed by atoms with Gasteiger partial charge < -0.3 is 19.5 Å². The van der Waals surface area contributed by atoms with Crippen LogP contribution in [0.2, 0.25) is 0 Å². The molecule has 6 nitrogen and oxygen atoms in total. The largest absolute Gasteiger partial charge is 0.493 e. The van der Waals surface area contributed by atoms with Gasteiger partial charge in [0.05, 0.1) is 13.0 Å². The molecule has 2 heterocycles. The summed E-state index contributed by atoms with van der Waals surface area (Å²) in [5, 5.41) is 8.85. The number of carbonyl (C=O) groups excluding carboxylic acids is 1. The lowest BCUT2D eigenvalue weighted by atomic mass is 9.48. The SMILES string of the molecule is CC(C)Cc1ccc(C(C)C(=O)O)cc1.COC1=C2O[C@H]3C(=O)C=C[C@H]4[C@H]5CC(C=C1)C2[C@@]34CCN5C. The minimum Gasteiger partial charge on any atom is -0.493 e. The lowest BCUT2D eigenvalue weighted by Gasteiger charge is -2.59. The van der Waals surface area contributed by atoms with Crippen LogP contribution in [0.5, 0.6) is 0 Å². The Hall–Kier alpha value is -2.86. The molecule has 3 unspecified atom stereocenters. The second kappa shape index (κ2) is 9.79. The number of rotatable bonds is 5. The fourth-order valence-electron chi connectivity index (χ4n) is 7.39. The third kappa shape index (κ3) is 4.23. The normalized spacial score (nSPS) is 33.9. The first-order valence-electron chi connectivity index (χ1n) is 13.5. The van der Waals surface area contributed by atoms with Crippen molar-refractivity contribution in [1.82, 2.24) is 4.90 Å². The summed E-state index contributed by atoms with van der Waals surface area (Å²) in [5.74, 6) is 2.51. The van der Waals surface area contributed by atoms with Gasteiger partial charge in [0.15, 0.2) is 17.6 Å². The van der Waals surface area contributed by atoms with Gasteiger partial charge in [0.25, 0.3) is 0 Å². The Bertz CT molecular complexity index is 1150. The standard InChI is InChI=1S/C18H21NO3.C13H18O2/c1-19-8-7-18-11-4-5-13(20)17(18)22-16-14(21-2)6-3-10(15(16)18)9-12(11)19;1-9(2)8-11-4-6-12(7-5-11)10(3)13(14)15/h3-6,10-12,15,17H,7-9H2,1-2H3;4-7,9-10H,8H2,1-3H3,(H,14,15)/t10?,11-,12+,15?,17-,18-;/m0./s1. The van der Waals surface area contributed by atoms with Gasteiger partial charge in [0.1, 0.15) is 5.76 Å². The lowest BCUT2D eigenvalue weighted by molar-refractivity contribution is -0.141. The minimum absolute atomic E-state index is 0.0597. The predicted molar refractivity (Wildman–Crippen MR) is 142 cm³/mol. The summed E-state index contributed by atoms with van der Waals surface area (Å²) in [4.78, 5) is 25.8. The molecule has 1 aromatic carbocycles. The highest BCUT2D eigenvalue weighted by atomic mass is 16.5. The molecule has 7 atom stereocenters. The van der Waals surface area contributed by atoms with E-state index in [4.69, 9.17) is 14.6 Å². The van der Waals surface area contributed by atoms with E-state index in [1.165, 1.54) is 5.56 Å². The average Bonchev–Trinajstić information content (AvgIpc) is 3.23. The Labute approximate surface area is 220 Å². The van der Waals surface area contributed by atoms with Crippen LogP contribution in [0.4, 0.5) is 0 Å². The number of benzene rings is 1. The van der Waals surface area contributed by atoms with Crippen LogP contribution in [0.15, 0.2) is 60.1 Å². The summed E-state index contributed by atoms with van der Waals surface area (Å²) in [7, 11) is 3.91. The van der Waals surface area contributed by atoms with Gasteiger partial charge in [-0.2, -0.15) is 0 Å². The van der Waals surface area contributed by atoms with Crippen molar-refractivity contribution in [2.24, 2.45) is 29.1 Å². The molecular weight excluding hydrogens is 466 g/mol. The van der Waals surface area contributed by atoms with E-state index < -0.39 is 11.9 Å². The Morgan fingerprint density at radius 2 is 1.92 bits per heavy atom. The highest BCUT2D eigenvalue weighted by molar-refractivity contribution is 5.96. The number of hydrogen-bond donors (Lipinski definition) is 1. The van der Waals surface area contributed by atoms with Crippen LogP contribution in [0.1, 0.15) is 50.7 Å². The van der Waals surface area contributed by atoms with Gasteiger partial charge >= 0.3 is 5.97 Å². The van der Waals surface area contributed by atoms with Crippen LogP contribution < -0.4 is 0 Å². The number of ketones is 1. The molecule has 0 amide bonds. The van der Waals surface area contributed by atoms with E-state index in [-0.39, 0.29) is 17.3 Å². The Balaban J connectivity index is 0.000000165. The topological polar surface area (TPSA) is 76.1 Å². The van der Waals surface area contributed by atoms with Crippen LogP contribution in [0.25, 0.3) is 0 Å². The number of methoxy groups -OCH3 is 1. The highest BCUT2D eigenvalue weighted by Crippen LogP contribution is 2.66. The molecule has 3 aliphatic carbocycles. The fraction of sp³-hybridized carbons (Fsp3) is 0.548. The van der Waals surface area contributed by atoms with Crippen molar-refractivity contribution in [1.29, 1.82) is 0 Å². The summed E-state index contributed by atoms with van der Waals surface area (Å²) in [5.41, 5.74) is 2.08. The number of ether oxygens (including phenoxy) is 2. The number of piperidine rings is 1. The lowest BCUT2D eigenvalue weighted by Crippen LogP contribution is -2.64. The summed E-state index contributed by atoms with van der Waals surface area (Å²) in [6.45, 7) is 7.10. The van der Waals surface area contributed by atoms with Gasteiger partial charge in [-0.25, -0.2) is 0 Å². The van der Waals surface area contributed by atoms with Crippen molar-refractivity contribution in [2.45, 2.75) is 58.1 Å². The molecule has 2 aliphatic heterocycles. The van der Waals surface area contributed by atoms with E-state index >= 15 is 0 Å². The van der Waals surface area contributed by atoms with Crippen molar-refractivity contribution < 1.29 is 24.2 Å². The smallest absolute Gasteiger partial charge is 0.310 e. The summed E-state index contributed by atoms with van der Waals surface area (Å²) >= 11 is 0. The molecule has 1 aromatic rings. The van der Waals surface area contributed by atoms with Crippen LogP contribution in [0.3, 0.4) is 0 Å². The first-order valence-corrected chi connectivity index (χ1v) is 13.5. The molecule has 6 heteroatoms. The Morgan fingerprint density at radius 3 is 2.57 bits per heavy atom. The van der Waals surface area contributed by atoms with E-state index in [1.54, 1.807) is 20.1 Å². The maximum absolute atomic E-state index is 12.6. The number of carboxylic acids is 1. The van der Waals surface area contributed by atoms with Gasteiger partial charge in [0, 0.05) is 23.3 Å². The molecule has 6 rings (SSSR count). The molecule has 2 bridgehead atoms. The number of nitrogens with zero attached hydrogens (tertiary/aromatic N) is 1. The molecule has 5 aliphatic rings. The third-order valence-electron chi connectivity index (χ3n) is 9.21. The van der Waals surface area contributed by atoms with Crippen LogP contribution in [-0.2, 0) is 25.5 Å². The number of likely N-dealkylation sites (tertiary alicyclic amines) is 1. The molecule has 1 N–H and O–H groups in total. The molecule has 37 heavy (non-hydrogen) atoms. The number of aliphatic carboxylic acids is 1. The molecule has 0 radical (unpaired) electrons. The summed E-state index contributed by atoms with van der Waals surface area (Å²) < 4.78 is 11.8. The first kappa shape index (κ1) is 25.8. The number of carbonyl (C=O) groups is 2. The third-order valence-corrected chi connectivity index (χ3v) is 9.21. The van der Waals surface area contributed by atoms with Crippen LogP contribution >= 0.6 is 0 Å². The molecule has 198 valence electrons. The maximum atomic E-state index is 12.6. The van der Waals surface area contributed by atoms with Gasteiger partial charge in [-0.05, 0) is 74.9 Å². The molecule has 1 spiro atoms. The number of hydrogen-bond acceptors (Lipinski definition) is 5. The number of carboxylic acid groups (broad SMARTS) is 1. The van der Waals surface area contributed by atoms with E-state index in [0.717, 1.165) is 42.9 Å². The Kier molecular flexibility index (Phi) is 6.82. The van der Waals surface area contributed by atoms with E-state index in [2.05, 4.69) is 37.9 Å². The molecular formula is C31H39NO5. The second-order valence-corrected chi connectivity index (χ2v) is 11.8. The van der Waals surface area contributed by atoms with Crippen molar-refractivity contribution in [2.75, 3.05) is 20.7 Å². The van der Waals surface area contributed by atoms with Crippen molar-refractivity contribution in [3.63, 3.8) is 0 Å². The molecule has 1 saturated carbocycles. The molecule has 2 saturated heterocycles. The average molecular weight is 506 g/mol. The van der Waals surface area contributed by atoms with Crippen LogP contribution in [0, 0.1) is 29.1 Å². The summed E-state index contributed by atoms with van der Waals surface area (Å²) in [6.07, 6.45) is 11.2. The van der Waals surface area contributed by atoms with Crippen molar-refractivity contribution in [3.05, 3.63) is 71.2 Å². The molecule has 0 aromatic heterocycles. The van der Waals surface area contributed by atoms with Crippen molar-refractivity contribution in [3.8, 4) is 0 Å². The fourth-order valence-corrected chi connectivity index (χ4v) is 7.39. The van der Waals surface area contributed by atoms with E-state index in [9.17, 15) is 9.59 Å². The van der Waals surface area contributed by atoms with Crippen molar-refractivity contribution >= 4 is 11.8 Å². The Morgan fingerprint density at radius 1 is 1.19 bits per heavy atom. The van der Waals surface area contributed by atoms with Gasteiger partial charge in [-0.15, -0.1) is 0 Å². The van der Waals surface area contributed by atoms with Gasteiger partial charge in [0.2, 0.25) is 0 Å². The van der Waals surface area contributed by atoms with E-state index in [0.29, 0.717) is 29.7 Å². The zero-order chi connectivity index (χ0) is 26.5. The zero-order valence-electron chi connectivity index (χ0n) is 22.5. The molecule has 3 fully saturated rings. The maximum Gasteiger partial charge on any atom is 0.310 e. The first-order chi connectivity index (χ1) is 17.7. The zero-order valence-corrected chi connectivity index (χ0v) is 22.5. The van der Waals surface area contributed by atoms with Gasteiger partial charge in [-0.1, -0.05) is 50.3 Å². The minimum atomic E-state index is -0.772. The summed E-state index contributed by atoms with van der Waals surface area (Å²) in [6, 6.07) is 8.38. The predicted octanol–water partition coefficient (Wildman–Crippen LogP) is 4.97. The van der Waals surface area contributed by atoms with Crippen LogP contribution in [-0.4, -0.2) is 54.6 Å². The quantitative estimate of drug-likeness (QED) is 0.609. The monoisotopic (exact) mass is 505 g/mol. The van der Waals surface area contributed by atoms with E-state index in [1.807, 2.05) is 30.3 Å². The van der Waals surface area contributed by atoms with Gasteiger partial charge in [-0.3, -0.25) is 9.59 Å². The second-order valence-electron chi connectivity index (χ2n) is 11.8. The highest BCUT2D eigenvalue weighted by Gasteiger charge is 2.69. The number of allylic oxidation sites excluding steroid dienone is 3.